The zero-order valence-corrected chi connectivity index (χ0v) is 13.9. The van der Waals surface area contributed by atoms with E-state index in [1.807, 2.05) is 13.0 Å². The Kier molecular flexibility index (Phi) is 5.99. The summed E-state index contributed by atoms with van der Waals surface area (Å²) >= 11 is 6.00. The fourth-order valence-electron chi connectivity index (χ4n) is 2.22. The van der Waals surface area contributed by atoms with Gasteiger partial charge in [-0.2, -0.15) is 0 Å². The summed E-state index contributed by atoms with van der Waals surface area (Å²) in [5.74, 6) is -0.0399. The van der Waals surface area contributed by atoms with Crippen molar-refractivity contribution < 1.29 is 13.9 Å². The molecule has 0 atom stereocenters. The van der Waals surface area contributed by atoms with Crippen LogP contribution in [0.25, 0.3) is 11.1 Å². The molecule has 2 aromatic carbocycles. The first kappa shape index (κ1) is 17.3. The van der Waals surface area contributed by atoms with Crippen LogP contribution in [0.15, 0.2) is 42.5 Å². The van der Waals surface area contributed by atoms with Crippen LogP contribution in [0, 0.1) is 5.82 Å². The molecule has 0 saturated heterocycles. The molecule has 0 aliphatic heterocycles. The second-order valence-electron chi connectivity index (χ2n) is 5.25. The molecule has 0 spiro atoms. The van der Waals surface area contributed by atoms with E-state index in [0.29, 0.717) is 22.9 Å². The molecule has 122 valence electrons. The van der Waals surface area contributed by atoms with E-state index in [9.17, 15) is 9.18 Å². The van der Waals surface area contributed by atoms with Crippen molar-refractivity contribution in [2.45, 2.75) is 13.3 Å². The van der Waals surface area contributed by atoms with E-state index in [1.165, 1.54) is 18.2 Å². The smallest absolute Gasteiger partial charge is 0.260 e. The Morgan fingerprint density at radius 1 is 1.26 bits per heavy atom. The van der Waals surface area contributed by atoms with E-state index >= 15 is 0 Å². The van der Waals surface area contributed by atoms with Crippen molar-refractivity contribution in [1.82, 2.24) is 4.90 Å². The summed E-state index contributed by atoms with van der Waals surface area (Å²) in [5.41, 5.74) is 1.31. The van der Waals surface area contributed by atoms with E-state index in [2.05, 4.69) is 0 Å². The van der Waals surface area contributed by atoms with Gasteiger partial charge in [0, 0.05) is 24.2 Å². The highest BCUT2D eigenvalue weighted by molar-refractivity contribution is 6.30. The Morgan fingerprint density at radius 3 is 2.74 bits per heavy atom. The number of ether oxygens (including phenoxy) is 1. The van der Waals surface area contributed by atoms with Crippen LogP contribution in [0.1, 0.15) is 13.3 Å². The quantitative estimate of drug-likeness (QED) is 0.783. The molecule has 0 aromatic heterocycles. The summed E-state index contributed by atoms with van der Waals surface area (Å²) in [5, 5.41) is 0.552. The fraction of sp³-hybridized carbons (Fsp3) is 0.278. The molecule has 2 rings (SSSR count). The number of halogens is 2. The first-order valence-electron chi connectivity index (χ1n) is 7.43. The highest BCUT2D eigenvalue weighted by atomic mass is 35.5. The number of hydrogen-bond acceptors (Lipinski definition) is 2. The van der Waals surface area contributed by atoms with Crippen LogP contribution in [0.4, 0.5) is 4.39 Å². The third-order valence-corrected chi connectivity index (χ3v) is 3.65. The van der Waals surface area contributed by atoms with Gasteiger partial charge >= 0.3 is 0 Å². The van der Waals surface area contributed by atoms with Gasteiger partial charge in [0.05, 0.1) is 0 Å². The molecular weight excluding hydrogens is 317 g/mol. The van der Waals surface area contributed by atoms with Crippen LogP contribution in [-0.2, 0) is 4.79 Å². The molecule has 5 heteroatoms. The van der Waals surface area contributed by atoms with Gasteiger partial charge in [-0.3, -0.25) is 4.79 Å². The van der Waals surface area contributed by atoms with E-state index in [0.717, 1.165) is 12.0 Å². The van der Waals surface area contributed by atoms with Crippen molar-refractivity contribution in [3.63, 3.8) is 0 Å². The zero-order valence-electron chi connectivity index (χ0n) is 13.2. The van der Waals surface area contributed by atoms with Crippen LogP contribution in [0.2, 0.25) is 5.02 Å². The summed E-state index contributed by atoms with van der Waals surface area (Å²) < 4.78 is 19.2. The number of hydrogen-bond donors (Lipinski definition) is 0. The number of likely N-dealkylation sites (N-methyl/N-ethyl adjacent to an activating group) is 1. The van der Waals surface area contributed by atoms with Crippen molar-refractivity contribution in [2.24, 2.45) is 0 Å². The molecule has 0 aliphatic rings. The Bertz CT molecular complexity index is 690. The largest absolute Gasteiger partial charge is 0.483 e. The maximum absolute atomic E-state index is 13.6. The molecule has 1 amide bonds. The van der Waals surface area contributed by atoms with Crippen molar-refractivity contribution in [2.75, 3.05) is 20.2 Å². The van der Waals surface area contributed by atoms with Crippen molar-refractivity contribution >= 4 is 17.5 Å². The minimum atomic E-state index is -0.373. The zero-order chi connectivity index (χ0) is 16.8. The van der Waals surface area contributed by atoms with E-state index in [-0.39, 0.29) is 18.3 Å². The lowest BCUT2D eigenvalue weighted by Gasteiger charge is -2.17. The number of amides is 1. The monoisotopic (exact) mass is 335 g/mol. The lowest BCUT2D eigenvalue weighted by atomic mass is 10.0. The second kappa shape index (κ2) is 7.97. The molecule has 0 radical (unpaired) electrons. The van der Waals surface area contributed by atoms with E-state index < -0.39 is 0 Å². The average Bonchev–Trinajstić information content (AvgIpc) is 2.53. The Hall–Kier alpha value is -2.07. The SMILES string of the molecule is CCCN(C)C(=O)COc1ccc(F)cc1-c1cccc(Cl)c1. The Balaban J connectivity index is 2.21. The molecular formula is C18H19ClFNO2. The minimum absolute atomic E-state index is 0.0876. The molecule has 3 nitrogen and oxygen atoms in total. The molecule has 0 bridgehead atoms. The number of carbonyl (C=O) groups is 1. The van der Waals surface area contributed by atoms with Crippen molar-refractivity contribution in [3.8, 4) is 16.9 Å². The van der Waals surface area contributed by atoms with Crippen LogP contribution < -0.4 is 4.74 Å². The predicted molar refractivity (Wildman–Crippen MR) is 90.3 cm³/mol. The maximum atomic E-state index is 13.6. The molecule has 0 fully saturated rings. The minimum Gasteiger partial charge on any atom is -0.483 e. The molecule has 0 heterocycles. The van der Waals surface area contributed by atoms with Gasteiger partial charge in [0.25, 0.3) is 5.91 Å². The lowest BCUT2D eigenvalue weighted by molar-refractivity contribution is -0.132. The first-order chi connectivity index (χ1) is 11.0. The summed E-state index contributed by atoms with van der Waals surface area (Å²) in [7, 11) is 1.73. The first-order valence-corrected chi connectivity index (χ1v) is 7.81. The van der Waals surface area contributed by atoms with Gasteiger partial charge in [-0.15, -0.1) is 0 Å². The highest BCUT2D eigenvalue weighted by Gasteiger charge is 2.12. The van der Waals surface area contributed by atoms with Gasteiger partial charge in [0.15, 0.2) is 6.61 Å². The summed E-state index contributed by atoms with van der Waals surface area (Å²) in [6, 6.07) is 11.3. The van der Waals surface area contributed by atoms with Gasteiger partial charge in [0.1, 0.15) is 11.6 Å². The van der Waals surface area contributed by atoms with Crippen LogP contribution >= 0.6 is 11.6 Å². The molecule has 0 aliphatic carbocycles. The van der Waals surface area contributed by atoms with Crippen molar-refractivity contribution in [1.29, 1.82) is 0 Å². The number of benzene rings is 2. The van der Waals surface area contributed by atoms with Gasteiger partial charge in [0.2, 0.25) is 0 Å². The summed E-state index contributed by atoms with van der Waals surface area (Å²) in [6.07, 6.45) is 0.882. The number of carbonyl (C=O) groups excluding carboxylic acids is 1. The van der Waals surface area contributed by atoms with Crippen LogP contribution in [0.5, 0.6) is 5.75 Å². The lowest BCUT2D eigenvalue weighted by Crippen LogP contribution is -2.32. The topological polar surface area (TPSA) is 29.5 Å². The van der Waals surface area contributed by atoms with Gasteiger partial charge in [-0.25, -0.2) is 4.39 Å². The Labute approximate surface area is 140 Å². The summed E-state index contributed by atoms with van der Waals surface area (Å²) in [6.45, 7) is 2.59. The number of nitrogens with zero attached hydrogens (tertiary/aromatic N) is 1. The van der Waals surface area contributed by atoms with Gasteiger partial charge in [-0.05, 0) is 42.3 Å². The molecule has 23 heavy (non-hydrogen) atoms. The molecule has 0 unspecified atom stereocenters. The average molecular weight is 336 g/mol. The van der Waals surface area contributed by atoms with Crippen LogP contribution in [-0.4, -0.2) is 31.0 Å². The number of rotatable bonds is 6. The Morgan fingerprint density at radius 2 is 2.04 bits per heavy atom. The molecule has 2 aromatic rings. The second-order valence-corrected chi connectivity index (χ2v) is 5.69. The third-order valence-electron chi connectivity index (χ3n) is 3.41. The van der Waals surface area contributed by atoms with Gasteiger partial charge < -0.3 is 9.64 Å². The standard InChI is InChI=1S/C18H19ClFNO2/c1-3-9-21(2)18(22)12-23-17-8-7-15(20)11-16(17)13-5-4-6-14(19)10-13/h4-8,10-11H,3,9,12H2,1-2H3. The van der Waals surface area contributed by atoms with Crippen LogP contribution in [0.3, 0.4) is 0 Å². The third kappa shape index (κ3) is 4.70. The normalized spacial score (nSPS) is 10.4. The van der Waals surface area contributed by atoms with Gasteiger partial charge in [-0.1, -0.05) is 30.7 Å². The van der Waals surface area contributed by atoms with E-state index in [4.69, 9.17) is 16.3 Å². The highest BCUT2D eigenvalue weighted by Crippen LogP contribution is 2.32. The molecule has 0 N–H and O–H groups in total. The summed E-state index contributed by atoms with van der Waals surface area (Å²) in [4.78, 5) is 13.6. The van der Waals surface area contributed by atoms with E-state index in [1.54, 1.807) is 30.1 Å². The predicted octanol–water partition coefficient (Wildman–Crippen LogP) is 4.39. The molecule has 0 saturated carbocycles. The van der Waals surface area contributed by atoms with Crippen molar-refractivity contribution in [3.05, 3.63) is 53.3 Å². The fourth-order valence-corrected chi connectivity index (χ4v) is 2.41. The maximum Gasteiger partial charge on any atom is 0.260 e.